The van der Waals surface area contributed by atoms with Crippen LogP contribution in [0.2, 0.25) is 0 Å². The molecule has 1 aromatic rings. The molecule has 1 aromatic heterocycles. The Kier molecular flexibility index (Phi) is 4.82. The summed E-state index contributed by atoms with van der Waals surface area (Å²) in [6.45, 7) is 3.01. The molecule has 1 amide bonds. The Morgan fingerprint density at radius 2 is 2.15 bits per heavy atom. The lowest BCUT2D eigenvalue weighted by molar-refractivity contribution is -0.134. The van der Waals surface area contributed by atoms with Crippen LogP contribution in [0.15, 0.2) is 18.3 Å². The van der Waals surface area contributed by atoms with Gasteiger partial charge >= 0.3 is 5.97 Å². The molecule has 5 nitrogen and oxygen atoms in total. The van der Waals surface area contributed by atoms with Crippen LogP contribution in [-0.2, 0) is 11.3 Å². The van der Waals surface area contributed by atoms with Gasteiger partial charge in [0.15, 0.2) is 0 Å². The van der Waals surface area contributed by atoms with Gasteiger partial charge in [0.25, 0.3) is 0 Å². The summed E-state index contributed by atoms with van der Waals surface area (Å²) >= 11 is 0. The molecular weight excluding hydrogens is 256 g/mol. The van der Waals surface area contributed by atoms with Gasteiger partial charge in [-0.2, -0.15) is 0 Å². The number of carboxylic acids is 1. The minimum absolute atomic E-state index is 0.0254. The molecule has 0 radical (unpaired) electrons. The first kappa shape index (κ1) is 14.6. The second-order valence-corrected chi connectivity index (χ2v) is 5.33. The van der Waals surface area contributed by atoms with Crippen molar-refractivity contribution in [3.05, 3.63) is 24.0 Å². The first-order valence-electron chi connectivity index (χ1n) is 7.31. The molecule has 2 heterocycles. The van der Waals surface area contributed by atoms with Crippen molar-refractivity contribution in [2.24, 2.45) is 0 Å². The van der Waals surface area contributed by atoms with Gasteiger partial charge in [0.05, 0.1) is 0 Å². The quantitative estimate of drug-likeness (QED) is 0.919. The molecule has 110 valence electrons. The minimum atomic E-state index is -0.995. The predicted octanol–water partition coefficient (Wildman–Crippen LogP) is 2.37. The van der Waals surface area contributed by atoms with Gasteiger partial charge in [-0.05, 0) is 31.4 Å². The van der Waals surface area contributed by atoms with Crippen LogP contribution in [0.3, 0.4) is 0 Å². The standard InChI is InChI=1S/C15H22N2O3/c1-2-12-7-4-3-5-10-17(12)14(18)11-16-9-6-8-13(16)15(19)20/h6,8-9,12H,2-5,7,10-11H2,1H3,(H,19,20). The zero-order chi connectivity index (χ0) is 14.5. The molecule has 5 heteroatoms. The van der Waals surface area contributed by atoms with E-state index >= 15 is 0 Å². The maximum Gasteiger partial charge on any atom is 0.352 e. The number of rotatable bonds is 4. The molecule has 1 aliphatic rings. The molecule has 0 bridgehead atoms. The van der Waals surface area contributed by atoms with E-state index in [4.69, 9.17) is 5.11 Å². The third-order valence-corrected chi connectivity index (χ3v) is 4.02. The zero-order valence-corrected chi connectivity index (χ0v) is 11.9. The van der Waals surface area contributed by atoms with Crippen molar-refractivity contribution >= 4 is 11.9 Å². The molecule has 0 aromatic carbocycles. The smallest absolute Gasteiger partial charge is 0.352 e. The highest BCUT2D eigenvalue weighted by molar-refractivity contribution is 5.87. The highest BCUT2D eigenvalue weighted by Gasteiger charge is 2.24. The molecule has 1 fully saturated rings. The average Bonchev–Trinajstić information content (AvgIpc) is 2.74. The Labute approximate surface area is 119 Å². The van der Waals surface area contributed by atoms with E-state index in [1.54, 1.807) is 12.3 Å². The fourth-order valence-electron chi connectivity index (χ4n) is 2.91. The van der Waals surface area contributed by atoms with Gasteiger partial charge in [0.1, 0.15) is 12.2 Å². The van der Waals surface area contributed by atoms with E-state index < -0.39 is 5.97 Å². The Morgan fingerprint density at radius 3 is 2.85 bits per heavy atom. The van der Waals surface area contributed by atoms with E-state index in [0.717, 1.165) is 25.8 Å². The summed E-state index contributed by atoms with van der Waals surface area (Å²) in [4.78, 5) is 25.5. The van der Waals surface area contributed by atoms with Crippen molar-refractivity contribution in [3.8, 4) is 0 Å². The third-order valence-electron chi connectivity index (χ3n) is 4.02. The zero-order valence-electron chi connectivity index (χ0n) is 11.9. The molecule has 20 heavy (non-hydrogen) atoms. The van der Waals surface area contributed by atoms with Gasteiger partial charge in [-0.15, -0.1) is 0 Å². The summed E-state index contributed by atoms with van der Waals surface area (Å²) < 4.78 is 1.52. The Bertz CT molecular complexity index is 481. The molecule has 1 N–H and O–H groups in total. The largest absolute Gasteiger partial charge is 0.477 e. The van der Waals surface area contributed by atoms with Crippen molar-refractivity contribution in [1.29, 1.82) is 0 Å². The van der Waals surface area contributed by atoms with Gasteiger partial charge < -0.3 is 14.6 Å². The first-order chi connectivity index (χ1) is 9.63. The van der Waals surface area contributed by atoms with Gasteiger partial charge in [-0.25, -0.2) is 4.79 Å². The summed E-state index contributed by atoms with van der Waals surface area (Å²) in [5.41, 5.74) is 0.168. The van der Waals surface area contributed by atoms with Crippen LogP contribution in [0, 0.1) is 0 Å². The first-order valence-corrected chi connectivity index (χ1v) is 7.31. The number of nitrogens with zero attached hydrogens (tertiary/aromatic N) is 2. The van der Waals surface area contributed by atoms with Gasteiger partial charge in [-0.1, -0.05) is 19.8 Å². The highest BCUT2D eigenvalue weighted by Crippen LogP contribution is 2.19. The number of likely N-dealkylation sites (tertiary alicyclic amines) is 1. The predicted molar refractivity (Wildman–Crippen MR) is 75.7 cm³/mol. The average molecular weight is 278 g/mol. The monoisotopic (exact) mass is 278 g/mol. The summed E-state index contributed by atoms with van der Waals surface area (Å²) in [7, 11) is 0. The van der Waals surface area contributed by atoms with Crippen LogP contribution in [0.1, 0.15) is 49.5 Å². The summed E-state index contributed by atoms with van der Waals surface area (Å²) in [5, 5.41) is 9.08. The number of aromatic carboxylic acids is 1. The number of carbonyl (C=O) groups is 2. The number of carboxylic acid groups (broad SMARTS) is 1. The van der Waals surface area contributed by atoms with E-state index in [1.807, 2.05) is 4.90 Å². The van der Waals surface area contributed by atoms with Crippen molar-refractivity contribution in [2.75, 3.05) is 6.54 Å². The minimum Gasteiger partial charge on any atom is -0.477 e. The van der Waals surface area contributed by atoms with E-state index in [1.165, 1.54) is 23.5 Å². The van der Waals surface area contributed by atoms with Crippen molar-refractivity contribution in [3.63, 3.8) is 0 Å². The van der Waals surface area contributed by atoms with Crippen LogP contribution in [0.25, 0.3) is 0 Å². The second-order valence-electron chi connectivity index (χ2n) is 5.33. The normalized spacial score (nSPS) is 19.6. The van der Waals surface area contributed by atoms with Crippen molar-refractivity contribution in [1.82, 2.24) is 9.47 Å². The van der Waals surface area contributed by atoms with E-state index in [0.29, 0.717) is 6.04 Å². The Hall–Kier alpha value is -1.78. The lowest BCUT2D eigenvalue weighted by Crippen LogP contribution is -2.41. The maximum absolute atomic E-state index is 12.5. The molecule has 1 aliphatic heterocycles. The van der Waals surface area contributed by atoms with Crippen LogP contribution in [0.5, 0.6) is 0 Å². The van der Waals surface area contributed by atoms with Crippen LogP contribution < -0.4 is 0 Å². The molecular formula is C15H22N2O3. The number of carbonyl (C=O) groups excluding carboxylic acids is 1. The summed E-state index contributed by atoms with van der Waals surface area (Å²) in [6, 6.07) is 3.49. The van der Waals surface area contributed by atoms with Crippen molar-refractivity contribution in [2.45, 2.75) is 51.6 Å². The number of hydrogen-bond donors (Lipinski definition) is 1. The molecule has 0 spiro atoms. The molecule has 1 unspecified atom stereocenters. The molecule has 2 rings (SSSR count). The lowest BCUT2D eigenvalue weighted by Gasteiger charge is -2.29. The number of hydrogen-bond acceptors (Lipinski definition) is 2. The van der Waals surface area contributed by atoms with E-state index in [9.17, 15) is 9.59 Å². The number of amides is 1. The van der Waals surface area contributed by atoms with Crippen LogP contribution >= 0.6 is 0 Å². The SMILES string of the molecule is CCC1CCCCCN1C(=O)Cn1cccc1C(=O)O. The van der Waals surface area contributed by atoms with Crippen LogP contribution in [0.4, 0.5) is 0 Å². The van der Waals surface area contributed by atoms with E-state index in [-0.39, 0.29) is 18.1 Å². The van der Waals surface area contributed by atoms with Crippen LogP contribution in [-0.4, -0.2) is 39.0 Å². The topological polar surface area (TPSA) is 62.5 Å². The fourth-order valence-corrected chi connectivity index (χ4v) is 2.91. The molecule has 0 saturated carbocycles. The third kappa shape index (κ3) is 3.21. The second kappa shape index (κ2) is 6.59. The van der Waals surface area contributed by atoms with Gasteiger partial charge in [0.2, 0.25) is 5.91 Å². The van der Waals surface area contributed by atoms with Gasteiger partial charge in [-0.3, -0.25) is 4.79 Å². The molecule has 1 saturated heterocycles. The highest BCUT2D eigenvalue weighted by atomic mass is 16.4. The number of aromatic nitrogens is 1. The maximum atomic E-state index is 12.5. The van der Waals surface area contributed by atoms with E-state index in [2.05, 4.69) is 6.92 Å². The van der Waals surface area contributed by atoms with Crippen molar-refractivity contribution < 1.29 is 14.7 Å². The Morgan fingerprint density at radius 1 is 1.35 bits per heavy atom. The van der Waals surface area contributed by atoms with Gasteiger partial charge in [0, 0.05) is 18.8 Å². The summed E-state index contributed by atoms with van der Waals surface area (Å²) in [5.74, 6) is -0.969. The molecule has 1 atom stereocenters. The lowest BCUT2D eigenvalue weighted by atomic mass is 10.1. The fraction of sp³-hybridized carbons (Fsp3) is 0.600. The Balaban J connectivity index is 2.09. The summed E-state index contributed by atoms with van der Waals surface area (Å²) in [6.07, 6.45) is 7.05. The molecule has 0 aliphatic carbocycles.